The van der Waals surface area contributed by atoms with Gasteiger partial charge in [-0.15, -0.1) is 0 Å². The van der Waals surface area contributed by atoms with Gasteiger partial charge in [0.25, 0.3) is 0 Å². The van der Waals surface area contributed by atoms with Gasteiger partial charge in [0.15, 0.2) is 0 Å². The predicted molar refractivity (Wildman–Crippen MR) is 99.1 cm³/mol. The Labute approximate surface area is 157 Å². The Hall–Kier alpha value is -1.50. The number of ether oxygens (including phenoxy) is 1. The first kappa shape index (κ1) is 17.8. The van der Waals surface area contributed by atoms with Crippen LogP contribution in [-0.2, 0) is 6.42 Å². The summed E-state index contributed by atoms with van der Waals surface area (Å²) in [7, 11) is 1.58. The fourth-order valence-electron chi connectivity index (χ4n) is 1.99. The summed E-state index contributed by atoms with van der Waals surface area (Å²) in [6.07, 6.45) is 1.91. The van der Waals surface area contributed by atoms with E-state index in [0.29, 0.717) is 34.6 Å². The van der Waals surface area contributed by atoms with Gasteiger partial charge in [-0.1, -0.05) is 23.2 Å². The van der Waals surface area contributed by atoms with Crippen molar-refractivity contribution in [1.82, 2.24) is 9.97 Å². The third kappa shape index (κ3) is 3.88. The molecule has 0 saturated heterocycles. The molecule has 9 heteroatoms. The molecule has 0 aliphatic carbocycles. The summed E-state index contributed by atoms with van der Waals surface area (Å²) in [4.78, 5) is 7.82. The van der Waals surface area contributed by atoms with E-state index in [1.165, 1.54) is 6.33 Å². The number of nitrogens with two attached hydrogens (primary N) is 1. The van der Waals surface area contributed by atoms with E-state index in [0.717, 1.165) is 9.13 Å². The zero-order chi connectivity index (χ0) is 17.0. The monoisotopic (exact) mass is 463 g/mol. The molecule has 0 saturated carbocycles. The maximum atomic E-state index is 9.10. The number of methoxy groups -OCH3 is 1. The number of rotatable bonds is 5. The Kier molecular flexibility index (Phi) is 6.10. The van der Waals surface area contributed by atoms with Crippen molar-refractivity contribution in [1.29, 1.82) is 5.26 Å². The molecule has 0 fully saturated rings. The number of benzene rings is 1. The van der Waals surface area contributed by atoms with Crippen molar-refractivity contribution in [3.63, 3.8) is 0 Å². The van der Waals surface area contributed by atoms with Crippen LogP contribution in [0.2, 0.25) is 10.0 Å². The molecule has 1 aromatic heterocycles. The van der Waals surface area contributed by atoms with Gasteiger partial charge in [0.05, 0.1) is 20.7 Å². The highest BCUT2D eigenvalue weighted by molar-refractivity contribution is 14.1. The smallest absolute Gasteiger partial charge is 0.149 e. The van der Waals surface area contributed by atoms with Gasteiger partial charge in [0.1, 0.15) is 35.3 Å². The van der Waals surface area contributed by atoms with Gasteiger partial charge in [-0.3, -0.25) is 0 Å². The molecule has 0 bridgehead atoms. The van der Waals surface area contributed by atoms with Crippen LogP contribution in [0.3, 0.4) is 0 Å². The Morgan fingerprint density at radius 2 is 2.17 bits per heavy atom. The van der Waals surface area contributed by atoms with E-state index in [1.54, 1.807) is 13.2 Å². The van der Waals surface area contributed by atoms with Crippen molar-refractivity contribution in [3.8, 4) is 11.8 Å². The lowest BCUT2D eigenvalue weighted by atomic mass is 10.1. The third-order valence-electron chi connectivity index (χ3n) is 3.07. The number of nitriles is 1. The fourth-order valence-corrected chi connectivity index (χ4v) is 3.38. The number of nitrogens with one attached hydrogen (secondary N) is 1. The second-order valence-corrected chi connectivity index (χ2v) is 6.31. The van der Waals surface area contributed by atoms with Crippen LogP contribution >= 0.6 is 45.8 Å². The van der Waals surface area contributed by atoms with Crippen molar-refractivity contribution in [2.24, 2.45) is 0 Å². The molecule has 23 heavy (non-hydrogen) atoms. The molecule has 0 spiro atoms. The fraction of sp³-hybridized carbons (Fsp3) is 0.214. The van der Waals surface area contributed by atoms with Gasteiger partial charge < -0.3 is 15.8 Å². The summed E-state index contributed by atoms with van der Waals surface area (Å²) in [5.74, 6) is 1.23. The minimum absolute atomic E-state index is 0.145. The molecule has 2 aromatic rings. The standard InChI is InChI=1S/C14H12Cl2IN5O/c1-23-12-7(4-9(15)10(16)11(12)17)2-3-20-14-8(5-18)13(19)21-6-22-14/h4,6H,2-3H2,1H3,(H3,19,20,21,22). The van der Waals surface area contributed by atoms with Gasteiger partial charge in [0.2, 0.25) is 0 Å². The molecule has 0 aliphatic heterocycles. The van der Waals surface area contributed by atoms with Gasteiger partial charge in [-0.25, -0.2) is 9.97 Å². The van der Waals surface area contributed by atoms with Crippen molar-refractivity contribution in [2.75, 3.05) is 24.7 Å². The van der Waals surface area contributed by atoms with Crippen LogP contribution in [-0.4, -0.2) is 23.6 Å². The summed E-state index contributed by atoms with van der Waals surface area (Å²) in [6.45, 7) is 0.509. The first-order valence-electron chi connectivity index (χ1n) is 6.44. The van der Waals surface area contributed by atoms with Gasteiger partial charge in [-0.2, -0.15) is 5.26 Å². The average Bonchev–Trinajstić information content (AvgIpc) is 2.53. The zero-order valence-electron chi connectivity index (χ0n) is 12.0. The molecule has 0 unspecified atom stereocenters. The van der Waals surface area contributed by atoms with E-state index >= 15 is 0 Å². The van der Waals surface area contributed by atoms with Crippen LogP contribution in [0.1, 0.15) is 11.1 Å². The Bertz CT molecular complexity index is 779. The second-order valence-electron chi connectivity index (χ2n) is 4.45. The SMILES string of the molecule is COc1c(CCNc2ncnc(N)c2C#N)cc(Cl)c(Cl)c1I. The minimum atomic E-state index is 0.145. The van der Waals surface area contributed by atoms with E-state index < -0.39 is 0 Å². The molecular formula is C14H12Cl2IN5O. The first-order valence-corrected chi connectivity index (χ1v) is 8.27. The summed E-state index contributed by atoms with van der Waals surface area (Å²) < 4.78 is 6.16. The van der Waals surface area contributed by atoms with E-state index in [4.69, 9.17) is 38.9 Å². The molecule has 120 valence electrons. The highest BCUT2D eigenvalue weighted by atomic mass is 127. The highest BCUT2D eigenvalue weighted by Crippen LogP contribution is 2.37. The van der Waals surface area contributed by atoms with Crippen LogP contribution in [0.4, 0.5) is 11.6 Å². The molecule has 2 rings (SSSR count). The number of nitrogen functional groups attached to an aromatic ring is 1. The number of halogens is 3. The summed E-state index contributed by atoms with van der Waals surface area (Å²) in [5.41, 5.74) is 6.78. The number of aromatic nitrogens is 2. The normalized spacial score (nSPS) is 10.2. The van der Waals surface area contributed by atoms with Crippen LogP contribution in [0, 0.1) is 14.9 Å². The first-order chi connectivity index (χ1) is 11.0. The van der Waals surface area contributed by atoms with E-state index in [-0.39, 0.29) is 11.4 Å². The Morgan fingerprint density at radius 3 is 2.83 bits per heavy atom. The maximum absolute atomic E-state index is 9.10. The molecular weight excluding hydrogens is 452 g/mol. The van der Waals surface area contributed by atoms with Crippen molar-refractivity contribution in [3.05, 3.63) is 37.1 Å². The van der Waals surface area contributed by atoms with Crippen LogP contribution < -0.4 is 15.8 Å². The van der Waals surface area contributed by atoms with Crippen molar-refractivity contribution < 1.29 is 4.74 Å². The number of hydrogen-bond donors (Lipinski definition) is 2. The van der Waals surface area contributed by atoms with Gasteiger partial charge >= 0.3 is 0 Å². The van der Waals surface area contributed by atoms with Crippen LogP contribution in [0.5, 0.6) is 5.75 Å². The number of anilines is 2. The zero-order valence-corrected chi connectivity index (χ0v) is 15.7. The van der Waals surface area contributed by atoms with E-state index in [9.17, 15) is 0 Å². The molecule has 0 aliphatic rings. The molecule has 0 atom stereocenters. The topological polar surface area (TPSA) is 96.8 Å². The molecule has 0 amide bonds. The highest BCUT2D eigenvalue weighted by Gasteiger charge is 2.15. The lowest BCUT2D eigenvalue weighted by molar-refractivity contribution is 0.407. The van der Waals surface area contributed by atoms with Gasteiger partial charge in [0, 0.05) is 6.54 Å². The lowest BCUT2D eigenvalue weighted by Gasteiger charge is -2.14. The predicted octanol–water partition coefficient (Wildman–Crippen LogP) is 3.51. The van der Waals surface area contributed by atoms with E-state index in [2.05, 4.69) is 37.9 Å². The maximum Gasteiger partial charge on any atom is 0.149 e. The molecule has 3 N–H and O–H groups in total. The van der Waals surface area contributed by atoms with Crippen molar-refractivity contribution >= 4 is 57.4 Å². The van der Waals surface area contributed by atoms with Crippen LogP contribution in [0.15, 0.2) is 12.4 Å². The number of hydrogen-bond acceptors (Lipinski definition) is 6. The molecule has 0 radical (unpaired) electrons. The lowest BCUT2D eigenvalue weighted by Crippen LogP contribution is -2.10. The molecule has 1 aromatic carbocycles. The second kappa shape index (κ2) is 7.86. The Morgan fingerprint density at radius 1 is 1.43 bits per heavy atom. The minimum Gasteiger partial charge on any atom is -0.495 e. The molecule has 6 nitrogen and oxygen atoms in total. The summed E-state index contributed by atoms with van der Waals surface area (Å²) in [5, 5.41) is 13.1. The third-order valence-corrected chi connectivity index (χ3v) is 5.21. The Balaban J connectivity index is 2.17. The number of nitrogens with zero attached hydrogens (tertiary/aromatic N) is 3. The summed E-state index contributed by atoms with van der Waals surface area (Å²) in [6, 6.07) is 3.75. The molecule has 1 heterocycles. The van der Waals surface area contributed by atoms with Crippen LogP contribution in [0.25, 0.3) is 0 Å². The average molecular weight is 464 g/mol. The van der Waals surface area contributed by atoms with Gasteiger partial charge in [-0.05, 0) is 40.6 Å². The quantitative estimate of drug-likeness (QED) is 0.520. The van der Waals surface area contributed by atoms with E-state index in [1.807, 2.05) is 6.07 Å². The van der Waals surface area contributed by atoms with Crippen molar-refractivity contribution in [2.45, 2.75) is 6.42 Å². The summed E-state index contributed by atoms with van der Waals surface area (Å²) >= 11 is 14.3. The largest absolute Gasteiger partial charge is 0.495 e.